The number of nitrogens with zero attached hydrogens (tertiary/aromatic N) is 1. The summed E-state index contributed by atoms with van der Waals surface area (Å²) in [5, 5.41) is 0. The fourth-order valence-electron chi connectivity index (χ4n) is 3.85. The first-order valence-electron chi connectivity index (χ1n) is 9.76. The van der Waals surface area contributed by atoms with Crippen molar-refractivity contribution < 1.29 is 23.9 Å². The molecule has 2 unspecified atom stereocenters. The lowest BCUT2D eigenvalue weighted by Crippen LogP contribution is -2.40. The highest BCUT2D eigenvalue weighted by Gasteiger charge is 2.30. The lowest BCUT2D eigenvalue weighted by atomic mass is 9.96. The van der Waals surface area contributed by atoms with Crippen molar-refractivity contribution in [2.75, 3.05) is 26.4 Å². The minimum absolute atomic E-state index is 0.00393. The first kappa shape index (κ1) is 18.4. The average molecular weight is 374 g/mol. The molecule has 2 saturated heterocycles. The second kappa shape index (κ2) is 8.37. The van der Waals surface area contributed by atoms with Gasteiger partial charge in [-0.3, -0.25) is 9.59 Å². The van der Waals surface area contributed by atoms with Gasteiger partial charge in [-0.1, -0.05) is 6.07 Å². The summed E-state index contributed by atoms with van der Waals surface area (Å²) in [4.78, 5) is 32.2. The number of amides is 2. The molecule has 3 aliphatic rings. The molecule has 1 N–H and O–H groups in total. The van der Waals surface area contributed by atoms with Crippen molar-refractivity contribution in [3.8, 4) is 0 Å². The van der Waals surface area contributed by atoms with Gasteiger partial charge in [0.15, 0.2) is 6.29 Å². The highest BCUT2D eigenvalue weighted by molar-refractivity contribution is 5.93. The molecule has 0 aliphatic carbocycles. The standard InChI is InChI=1S/C20H26N2O5/c23-19(21-27-18-3-1-2-9-26-18)15-4-5-16-12-22(8-6-14(16)11-15)20(24)17-7-10-25-13-17/h4-5,11,17-18H,1-3,6-10,12-13H2,(H,21,23). The molecule has 0 radical (unpaired) electrons. The van der Waals surface area contributed by atoms with Gasteiger partial charge in [-0.15, -0.1) is 0 Å². The van der Waals surface area contributed by atoms with Gasteiger partial charge in [0.2, 0.25) is 5.91 Å². The van der Waals surface area contributed by atoms with Crippen molar-refractivity contribution in [2.45, 2.75) is 44.9 Å². The van der Waals surface area contributed by atoms with Crippen molar-refractivity contribution in [1.29, 1.82) is 0 Å². The molecular formula is C20H26N2O5. The van der Waals surface area contributed by atoms with E-state index in [2.05, 4.69) is 5.48 Å². The number of nitrogens with one attached hydrogen (secondary N) is 1. The third-order valence-corrected chi connectivity index (χ3v) is 5.49. The minimum Gasteiger partial charge on any atom is -0.381 e. The Morgan fingerprint density at radius 1 is 1.15 bits per heavy atom. The van der Waals surface area contributed by atoms with E-state index in [0.717, 1.165) is 43.2 Å². The highest BCUT2D eigenvalue weighted by atomic mass is 16.8. The largest absolute Gasteiger partial charge is 0.381 e. The van der Waals surface area contributed by atoms with E-state index < -0.39 is 0 Å². The number of fused-ring (bicyclic) bond motifs is 1. The van der Waals surface area contributed by atoms with Crippen molar-refractivity contribution in [2.24, 2.45) is 5.92 Å². The molecule has 3 aliphatic heterocycles. The van der Waals surface area contributed by atoms with E-state index >= 15 is 0 Å². The van der Waals surface area contributed by atoms with Crippen molar-refractivity contribution in [3.63, 3.8) is 0 Å². The van der Waals surface area contributed by atoms with E-state index in [9.17, 15) is 9.59 Å². The number of hydrogen-bond acceptors (Lipinski definition) is 5. The quantitative estimate of drug-likeness (QED) is 0.813. The van der Waals surface area contributed by atoms with Crippen LogP contribution in [0.3, 0.4) is 0 Å². The summed E-state index contributed by atoms with van der Waals surface area (Å²) in [6, 6.07) is 5.62. The summed E-state index contributed by atoms with van der Waals surface area (Å²) < 4.78 is 10.8. The summed E-state index contributed by atoms with van der Waals surface area (Å²) in [5.74, 6) is -0.0924. The first-order chi connectivity index (χ1) is 13.2. The summed E-state index contributed by atoms with van der Waals surface area (Å²) in [6.45, 7) is 3.15. The predicted octanol–water partition coefficient (Wildman–Crippen LogP) is 1.80. The zero-order valence-electron chi connectivity index (χ0n) is 15.4. The molecule has 2 fully saturated rings. The van der Waals surface area contributed by atoms with E-state index in [0.29, 0.717) is 38.5 Å². The van der Waals surface area contributed by atoms with Gasteiger partial charge in [0.25, 0.3) is 5.91 Å². The van der Waals surface area contributed by atoms with Crippen LogP contribution < -0.4 is 5.48 Å². The molecule has 1 aromatic carbocycles. The summed E-state index contributed by atoms with van der Waals surface area (Å²) >= 11 is 0. The van der Waals surface area contributed by atoms with Crippen molar-refractivity contribution in [3.05, 3.63) is 34.9 Å². The van der Waals surface area contributed by atoms with Gasteiger partial charge >= 0.3 is 0 Å². The van der Waals surface area contributed by atoms with Crippen LogP contribution in [0.4, 0.5) is 0 Å². The SMILES string of the molecule is O=C(NOC1CCCCO1)c1ccc2c(c1)CCN(C(=O)C1CCOC1)C2. The Morgan fingerprint density at radius 3 is 2.85 bits per heavy atom. The molecule has 27 heavy (non-hydrogen) atoms. The van der Waals surface area contributed by atoms with Gasteiger partial charge in [-0.05, 0) is 48.9 Å². The molecule has 4 rings (SSSR count). The third kappa shape index (κ3) is 4.31. The van der Waals surface area contributed by atoms with Gasteiger partial charge < -0.3 is 14.4 Å². The van der Waals surface area contributed by atoms with E-state index in [4.69, 9.17) is 14.3 Å². The number of hydroxylamine groups is 1. The lowest BCUT2D eigenvalue weighted by molar-refractivity contribution is -0.186. The minimum atomic E-state index is -0.362. The van der Waals surface area contributed by atoms with Gasteiger partial charge in [0.05, 0.1) is 12.5 Å². The van der Waals surface area contributed by atoms with Gasteiger partial charge in [0, 0.05) is 38.3 Å². The number of carbonyl (C=O) groups is 2. The van der Waals surface area contributed by atoms with Crippen LogP contribution in [0.5, 0.6) is 0 Å². The Hall–Kier alpha value is -1.96. The van der Waals surface area contributed by atoms with Crippen LogP contribution in [0.2, 0.25) is 0 Å². The molecule has 3 heterocycles. The van der Waals surface area contributed by atoms with E-state index in [1.165, 1.54) is 0 Å². The molecule has 2 amide bonds. The summed E-state index contributed by atoms with van der Waals surface area (Å²) in [6.07, 6.45) is 4.07. The molecule has 7 heteroatoms. The van der Waals surface area contributed by atoms with Crippen molar-refractivity contribution >= 4 is 11.8 Å². The van der Waals surface area contributed by atoms with Crippen LogP contribution in [0.25, 0.3) is 0 Å². The monoisotopic (exact) mass is 374 g/mol. The molecule has 0 aromatic heterocycles. The fraction of sp³-hybridized carbons (Fsp3) is 0.600. The Balaban J connectivity index is 1.35. The average Bonchev–Trinajstić information content (AvgIpc) is 3.26. The van der Waals surface area contributed by atoms with Crippen LogP contribution in [-0.2, 0) is 32.1 Å². The highest BCUT2D eigenvalue weighted by Crippen LogP contribution is 2.24. The maximum absolute atomic E-state index is 12.6. The van der Waals surface area contributed by atoms with Crippen LogP contribution >= 0.6 is 0 Å². The number of hydrogen-bond donors (Lipinski definition) is 1. The second-order valence-corrected chi connectivity index (χ2v) is 7.40. The normalized spacial score (nSPS) is 25.1. The van der Waals surface area contributed by atoms with E-state index in [1.807, 2.05) is 17.0 Å². The Bertz CT molecular complexity index is 696. The predicted molar refractivity (Wildman–Crippen MR) is 96.6 cm³/mol. The molecule has 1 aromatic rings. The lowest BCUT2D eigenvalue weighted by Gasteiger charge is -2.31. The smallest absolute Gasteiger partial charge is 0.274 e. The molecule has 7 nitrogen and oxygen atoms in total. The third-order valence-electron chi connectivity index (χ3n) is 5.49. The second-order valence-electron chi connectivity index (χ2n) is 7.40. The Labute approximate surface area is 158 Å². The van der Waals surface area contributed by atoms with Crippen molar-refractivity contribution in [1.82, 2.24) is 10.4 Å². The zero-order valence-corrected chi connectivity index (χ0v) is 15.4. The summed E-state index contributed by atoms with van der Waals surface area (Å²) in [5.41, 5.74) is 5.27. The van der Waals surface area contributed by atoms with Crippen LogP contribution in [0.15, 0.2) is 18.2 Å². The number of carbonyl (C=O) groups excluding carboxylic acids is 2. The topological polar surface area (TPSA) is 77.1 Å². The van der Waals surface area contributed by atoms with Crippen LogP contribution in [-0.4, -0.2) is 49.4 Å². The van der Waals surface area contributed by atoms with Gasteiger partial charge in [-0.2, -0.15) is 0 Å². The maximum Gasteiger partial charge on any atom is 0.274 e. The molecule has 0 spiro atoms. The molecule has 0 saturated carbocycles. The Kier molecular flexibility index (Phi) is 5.71. The molecule has 0 bridgehead atoms. The Morgan fingerprint density at radius 2 is 2.07 bits per heavy atom. The van der Waals surface area contributed by atoms with Gasteiger partial charge in [0.1, 0.15) is 0 Å². The maximum atomic E-state index is 12.6. The van der Waals surface area contributed by atoms with Crippen LogP contribution in [0.1, 0.15) is 47.2 Å². The molecule has 146 valence electrons. The number of benzene rings is 1. The number of rotatable bonds is 4. The number of ether oxygens (including phenoxy) is 2. The van der Waals surface area contributed by atoms with Gasteiger partial charge in [-0.25, -0.2) is 10.3 Å². The first-order valence-corrected chi connectivity index (χ1v) is 9.76. The van der Waals surface area contributed by atoms with E-state index in [-0.39, 0.29) is 24.0 Å². The van der Waals surface area contributed by atoms with E-state index in [1.54, 1.807) is 6.07 Å². The molecular weight excluding hydrogens is 348 g/mol. The van der Waals surface area contributed by atoms with Crippen LogP contribution in [0, 0.1) is 5.92 Å². The zero-order chi connectivity index (χ0) is 18.6. The molecule has 2 atom stereocenters. The summed E-state index contributed by atoms with van der Waals surface area (Å²) in [7, 11) is 0. The fourth-order valence-corrected chi connectivity index (χ4v) is 3.85.